The predicted octanol–water partition coefficient (Wildman–Crippen LogP) is 2.64. The van der Waals surface area contributed by atoms with Crippen molar-refractivity contribution in [2.45, 2.75) is 52.5 Å². The van der Waals surface area contributed by atoms with Crippen molar-refractivity contribution in [1.29, 1.82) is 0 Å². The van der Waals surface area contributed by atoms with Crippen LogP contribution < -0.4 is 9.64 Å². The molecule has 0 bridgehead atoms. The minimum atomic E-state index is 0.117. The highest BCUT2D eigenvalue weighted by molar-refractivity contribution is 5.94. The number of hydrogen-bond acceptors (Lipinski definition) is 2. The highest BCUT2D eigenvalue weighted by atomic mass is 16.5. The van der Waals surface area contributed by atoms with Gasteiger partial charge in [-0.1, -0.05) is 13.3 Å². The van der Waals surface area contributed by atoms with Crippen molar-refractivity contribution >= 4 is 5.78 Å². The van der Waals surface area contributed by atoms with E-state index >= 15 is 0 Å². The number of ketones is 1. The number of nitrogens with one attached hydrogen (secondary N) is 1. The normalized spacial score (nSPS) is 15.9. The van der Waals surface area contributed by atoms with Crippen molar-refractivity contribution < 1.29 is 14.4 Å². The van der Waals surface area contributed by atoms with Gasteiger partial charge in [0, 0.05) is 11.1 Å². The Labute approximate surface area is 128 Å². The molecule has 3 heteroatoms. The minimum absolute atomic E-state index is 0.117. The fraction of sp³-hybridized carbons (Fsp3) is 0.611. The van der Waals surface area contributed by atoms with E-state index in [2.05, 4.69) is 13.0 Å². The molecule has 0 atom stereocenters. The Kier molecular flexibility index (Phi) is 6.24. The molecule has 1 saturated heterocycles. The number of Topliss-reactive ketones (excluding diaryl/α,β-unsaturated/α-hetero) is 1. The van der Waals surface area contributed by atoms with Gasteiger partial charge in [0.15, 0.2) is 5.78 Å². The topological polar surface area (TPSA) is 30.7 Å². The monoisotopic (exact) mass is 290 g/mol. The fourth-order valence-electron chi connectivity index (χ4n) is 2.90. The molecule has 0 unspecified atom stereocenters. The molecule has 1 N–H and O–H groups in total. The highest BCUT2D eigenvalue weighted by Crippen LogP contribution is 2.18. The Bertz CT molecular complexity index is 464. The third-order valence-electron chi connectivity index (χ3n) is 4.15. The summed E-state index contributed by atoms with van der Waals surface area (Å²) in [5.74, 6) is 0.966. The number of hydrogen-bond donors (Lipinski definition) is 1. The van der Waals surface area contributed by atoms with Gasteiger partial charge in [-0.3, -0.25) is 4.79 Å². The van der Waals surface area contributed by atoms with E-state index in [-0.39, 0.29) is 5.78 Å². The summed E-state index contributed by atoms with van der Waals surface area (Å²) < 4.78 is 5.81. The maximum absolute atomic E-state index is 11.7. The second-order valence-electron chi connectivity index (χ2n) is 6.11. The Balaban J connectivity index is 2.08. The first-order valence-corrected chi connectivity index (χ1v) is 8.30. The van der Waals surface area contributed by atoms with E-state index < -0.39 is 0 Å². The number of unbranched alkanes of at least 4 members (excludes halogenated alkanes) is 1. The van der Waals surface area contributed by atoms with E-state index in [4.69, 9.17) is 4.74 Å². The molecule has 0 saturated carbocycles. The van der Waals surface area contributed by atoms with Gasteiger partial charge in [0.05, 0.1) is 19.7 Å². The SMILES string of the molecule is CCCCOc1cc(C[NH+]2CCCCC2)cc(C(C)=O)c1. The zero-order valence-corrected chi connectivity index (χ0v) is 13.4. The molecule has 116 valence electrons. The number of piperidine rings is 1. The standard InChI is InChI=1S/C18H27NO2/c1-3-4-10-21-18-12-16(11-17(13-18)15(2)20)14-19-8-6-5-7-9-19/h11-13H,3-10,14H2,1-2H3/p+1. The van der Waals surface area contributed by atoms with Crippen molar-refractivity contribution in [1.82, 2.24) is 0 Å². The lowest BCUT2D eigenvalue weighted by molar-refractivity contribution is -0.918. The van der Waals surface area contributed by atoms with Crippen LogP contribution in [0.15, 0.2) is 18.2 Å². The lowest BCUT2D eigenvalue weighted by atomic mass is 10.1. The molecule has 1 heterocycles. The summed E-state index contributed by atoms with van der Waals surface area (Å²) in [6, 6.07) is 6.04. The smallest absolute Gasteiger partial charge is 0.159 e. The molecule has 3 nitrogen and oxygen atoms in total. The summed E-state index contributed by atoms with van der Waals surface area (Å²) in [5.41, 5.74) is 2.00. The van der Waals surface area contributed by atoms with E-state index in [1.165, 1.54) is 37.9 Å². The van der Waals surface area contributed by atoms with Crippen LogP contribution >= 0.6 is 0 Å². The molecule has 0 aromatic heterocycles. The van der Waals surface area contributed by atoms with Crippen LogP contribution in [0.3, 0.4) is 0 Å². The van der Waals surface area contributed by atoms with Gasteiger partial charge in [-0.2, -0.15) is 0 Å². The highest BCUT2D eigenvalue weighted by Gasteiger charge is 2.15. The molecule has 0 spiro atoms. The lowest BCUT2D eigenvalue weighted by Gasteiger charge is -2.24. The fourth-order valence-corrected chi connectivity index (χ4v) is 2.90. The van der Waals surface area contributed by atoms with Crippen LogP contribution in [-0.2, 0) is 6.54 Å². The number of likely N-dealkylation sites (tertiary alicyclic amines) is 1. The predicted molar refractivity (Wildman–Crippen MR) is 85.1 cm³/mol. The summed E-state index contributed by atoms with van der Waals surface area (Å²) in [6.07, 6.45) is 6.18. The van der Waals surface area contributed by atoms with Gasteiger partial charge in [0.25, 0.3) is 0 Å². The summed E-state index contributed by atoms with van der Waals surface area (Å²) in [7, 11) is 0. The first-order chi connectivity index (χ1) is 10.2. The van der Waals surface area contributed by atoms with Gasteiger partial charge < -0.3 is 9.64 Å². The quantitative estimate of drug-likeness (QED) is 0.618. The molecule has 1 aliphatic rings. The lowest BCUT2D eigenvalue weighted by Crippen LogP contribution is -3.11. The molecule has 1 fully saturated rings. The summed E-state index contributed by atoms with van der Waals surface area (Å²) in [5, 5.41) is 0. The van der Waals surface area contributed by atoms with Crippen molar-refractivity contribution in [2.24, 2.45) is 0 Å². The van der Waals surface area contributed by atoms with E-state index in [1.54, 1.807) is 11.8 Å². The summed E-state index contributed by atoms with van der Waals surface area (Å²) in [4.78, 5) is 13.3. The number of carbonyl (C=O) groups excluding carboxylic acids is 1. The van der Waals surface area contributed by atoms with Gasteiger partial charge in [-0.05, 0) is 50.8 Å². The first kappa shape index (κ1) is 16.0. The van der Waals surface area contributed by atoms with Crippen LogP contribution in [0, 0.1) is 0 Å². The molecule has 21 heavy (non-hydrogen) atoms. The second kappa shape index (κ2) is 8.18. The second-order valence-corrected chi connectivity index (χ2v) is 6.11. The molecule has 0 amide bonds. The van der Waals surface area contributed by atoms with Gasteiger partial charge in [-0.25, -0.2) is 0 Å². The largest absolute Gasteiger partial charge is 0.494 e. The van der Waals surface area contributed by atoms with Crippen molar-refractivity contribution in [3.05, 3.63) is 29.3 Å². The molecular weight excluding hydrogens is 262 g/mol. The molecule has 0 aliphatic carbocycles. The summed E-state index contributed by atoms with van der Waals surface area (Å²) >= 11 is 0. The van der Waals surface area contributed by atoms with Crippen molar-refractivity contribution in [2.75, 3.05) is 19.7 Å². The van der Waals surface area contributed by atoms with E-state index in [9.17, 15) is 4.79 Å². The van der Waals surface area contributed by atoms with Gasteiger partial charge >= 0.3 is 0 Å². The average molecular weight is 290 g/mol. The van der Waals surface area contributed by atoms with Crippen LogP contribution in [0.2, 0.25) is 0 Å². The number of carbonyl (C=O) groups is 1. The van der Waals surface area contributed by atoms with Crippen LogP contribution in [-0.4, -0.2) is 25.5 Å². The number of benzene rings is 1. The van der Waals surface area contributed by atoms with E-state index in [0.29, 0.717) is 0 Å². The number of quaternary nitrogens is 1. The Morgan fingerprint density at radius 3 is 2.62 bits per heavy atom. The van der Waals surface area contributed by atoms with Crippen LogP contribution in [0.5, 0.6) is 5.75 Å². The van der Waals surface area contributed by atoms with Crippen LogP contribution in [0.4, 0.5) is 0 Å². The van der Waals surface area contributed by atoms with Crippen molar-refractivity contribution in [3.63, 3.8) is 0 Å². The molecule has 1 aromatic rings. The minimum Gasteiger partial charge on any atom is -0.494 e. The number of ether oxygens (including phenoxy) is 1. The van der Waals surface area contributed by atoms with E-state index in [1.807, 2.05) is 12.1 Å². The first-order valence-electron chi connectivity index (χ1n) is 8.30. The molecular formula is C18H28NO2+. The van der Waals surface area contributed by atoms with Gasteiger partial charge in [-0.15, -0.1) is 0 Å². The van der Waals surface area contributed by atoms with Crippen LogP contribution in [0.1, 0.15) is 61.9 Å². The maximum Gasteiger partial charge on any atom is 0.159 e. The van der Waals surface area contributed by atoms with Crippen LogP contribution in [0.25, 0.3) is 0 Å². The third-order valence-corrected chi connectivity index (χ3v) is 4.15. The molecule has 1 aliphatic heterocycles. The number of rotatable bonds is 7. The van der Waals surface area contributed by atoms with Gasteiger partial charge in [0.2, 0.25) is 0 Å². The Morgan fingerprint density at radius 2 is 1.95 bits per heavy atom. The Morgan fingerprint density at radius 1 is 1.19 bits per heavy atom. The zero-order valence-electron chi connectivity index (χ0n) is 13.4. The zero-order chi connectivity index (χ0) is 15.1. The molecule has 1 aromatic carbocycles. The molecule has 0 radical (unpaired) electrons. The van der Waals surface area contributed by atoms with Crippen molar-refractivity contribution in [3.8, 4) is 5.75 Å². The van der Waals surface area contributed by atoms with Gasteiger partial charge in [0.1, 0.15) is 12.3 Å². The van der Waals surface area contributed by atoms with E-state index in [0.717, 1.165) is 37.3 Å². The Hall–Kier alpha value is -1.35. The molecule has 2 rings (SSSR count). The summed E-state index contributed by atoms with van der Waals surface area (Å²) in [6.45, 7) is 8.01. The maximum atomic E-state index is 11.7. The third kappa shape index (κ3) is 5.16. The average Bonchev–Trinajstić information content (AvgIpc) is 2.48.